The summed E-state index contributed by atoms with van der Waals surface area (Å²) in [5, 5.41) is 17.3. The summed E-state index contributed by atoms with van der Waals surface area (Å²) in [6.07, 6.45) is 1.94. The van der Waals surface area contributed by atoms with Gasteiger partial charge in [-0.15, -0.1) is 23.5 Å². The van der Waals surface area contributed by atoms with E-state index < -0.39 is 33.3 Å². The normalized spacial score (nSPS) is 21.6. The van der Waals surface area contributed by atoms with Gasteiger partial charge in [0.15, 0.2) is 0 Å². The van der Waals surface area contributed by atoms with Gasteiger partial charge >= 0.3 is 5.97 Å². The average Bonchev–Trinajstić information content (AvgIpc) is 3.28. The van der Waals surface area contributed by atoms with Crippen molar-refractivity contribution in [3.63, 3.8) is 0 Å². The van der Waals surface area contributed by atoms with Gasteiger partial charge in [-0.1, -0.05) is 30.3 Å². The number of primary sulfonamides is 1. The molecule has 14 heteroatoms. The average molecular weight is 615 g/mol. The molecule has 3 heterocycles. The van der Waals surface area contributed by atoms with E-state index in [1.54, 1.807) is 23.1 Å². The van der Waals surface area contributed by atoms with Gasteiger partial charge in [-0.2, -0.15) is 0 Å². The Morgan fingerprint density at radius 3 is 2.49 bits per heavy atom. The molecule has 3 aliphatic heterocycles. The summed E-state index contributed by atoms with van der Waals surface area (Å²) in [7, 11) is -3.82. The molecule has 0 saturated carbocycles. The van der Waals surface area contributed by atoms with Gasteiger partial charge in [-0.25, -0.2) is 18.4 Å². The fraction of sp³-hybridized carbons (Fsp3) is 0.259. The lowest BCUT2D eigenvalue weighted by Crippen LogP contribution is -2.70. The lowest BCUT2D eigenvalue weighted by molar-refractivity contribution is -0.150. The number of rotatable bonds is 9. The molecule has 2 fully saturated rings. The zero-order chi connectivity index (χ0) is 29.3. The largest absolute Gasteiger partial charge is 0.477 e. The fourth-order valence-corrected chi connectivity index (χ4v) is 7.35. The van der Waals surface area contributed by atoms with Gasteiger partial charge in [-0.3, -0.25) is 19.3 Å². The van der Waals surface area contributed by atoms with E-state index in [0.717, 1.165) is 10.5 Å². The number of carbonyl (C=O) groups excluding carboxylic acids is 3. The van der Waals surface area contributed by atoms with Crippen LogP contribution in [0, 0.1) is 0 Å². The molecule has 4 N–H and O–H groups in total. The van der Waals surface area contributed by atoms with E-state index in [2.05, 4.69) is 5.32 Å². The summed E-state index contributed by atoms with van der Waals surface area (Å²) in [6.45, 7) is 0.655. The van der Waals surface area contributed by atoms with Crippen molar-refractivity contribution in [2.24, 2.45) is 5.14 Å². The number of carboxylic acid groups (broad SMARTS) is 1. The van der Waals surface area contributed by atoms with Crippen LogP contribution in [-0.4, -0.2) is 76.5 Å². The second-order valence-electron chi connectivity index (χ2n) is 9.57. The number of aliphatic carboxylic acids is 1. The van der Waals surface area contributed by atoms with Crippen molar-refractivity contribution in [2.45, 2.75) is 34.2 Å². The molecule has 0 spiro atoms. The van der Waals surface area contributed by atoms with Gasteiger partial charge in [0.05, 0.1) is 10.6 Å². The Bertz CT molecular complexity index is 1570. The number of sulfonamides is 1. The molecular formula is C27H26N4O7S3. The molecular weight excluding hydrogens is 589 g/mol. The monoisotopic (exact) mass is 614 g/mol. The number of nitrogens with one attached hydrogen (secondary N) is 1. The topological polar surface area (TPSA) is 167 Å². The van der Waals surface area contributed by atoms with Crippen LogP contribution in [0.3, 0.4) is 0 Å². The predicted octanol–water partition coefficient (Wildman–Crippen LogP) is 1.52. The summed E-state index contributed by atoms with van der Waals surface area (Å²) in [6, 6.07) is 14.5. The van der Waals surface area contributed by atoms with Crippen LogP contribution in [0.2, 0.25) is 0 Å². The molecule has 3 aliphatic rings. The highest BCUT2D eigenvalue weighted by molar-refractivity contribution is 8.00. The Morgan fingerprint density at radius 2 is 1.83 bits per heavy atom. The zero-order valence-corrected chi connectivity index (χ0v) is 24.0. The summed E-state index contributed by atoms with van der Waals surface area (Å²) in [4.78, 5) is 54.4. The fourth-order valence-electron chi connectivity index (χ4n) is 4.80. The maximum absolute atomic E-state index is 13.1. The molecule has 5 rings (SSSR count). The van der Waals surface area contributed by atoms with Gasteiger partial charge in [-0.05, 0) is 47.9 Å². The van der Waals surface area contributed by atoms with Crippen LogP contribution >= 0.6 is 23.5 Å². The van der Waals surface area contributed by atoms with Crippen LogP contribution in [-0.2, 0) is 35.7 Å². The smallest absolute Gasteiger partial charge is 0.352 e. The highest BCUT2D eigenvalue weighted by Gasteiger charge is 2.54. The van der Waals surface area contributed by atoms with Crippen molar-refractivity contribution >= 4 is 57.2 Å². The molecule has 0 radical (unpaired) electrons. The van der Waals surface area contributed by atoms with E-state index in [9.17, 15) is 32.7 Å². The third-order valence-corrected chi connectivity index (χ3v) is 10.1. The highest BCUT2D eigenvalue weighted by atomic mass is 32.2. The molecule has 2 saturated heterocycles. The molecule has 2 aromatic rings. The van der Waals surface area contributed by atoms with E-state index in [1.807, 2.05) is 30.3 Å². The molecule has 0 bridgehead atoms. The Hall–Kier alpha value is -3.59. The van der Waals surface area contributed by atoms with Gasteiger partial charge in [0.2, 0.25) is 21.8 Å². The number of nitrogens with zero attached hydrogens (tertiary/aromatic N) is 2. The maximum atomic E-state index is 13.1. The van der Waals surface area contributed by atoms with Crippen molar-refractivity contribution < 1.29 is 32.7 Å². The zero-order valence-electron chi connectivity index (χ0n) is 21.6. The first-order chi connectivity index (χ1) is 19.5. The van der Waals surface area contributed by atoms with Crippen molar-refractivity contribution in [3.8, 4) is 0 Å². The van der Waals surface area contributed by atoms with Crippen LogP contribution < -0.4 is 10.5 Å². The molecule has 2 unspecified atom stereocenters. The minimum Gasteiger partial charge on any atom is -0.477 e. The number of hydrogen-bond acceptors (Lipinski definition) is 8. The number of nitrogens with two attached hydrogens (primary N) is 1. The molecule has 0 aliphatic carbocycles. The number of benzene rings is 2. The number of allylic oxidation sites excluding steroid dienone is 1. The van der Waals surface area contributed by atoms with E-state index in [4.69, 9.17) is 5.14 Å². The summed E-state index contributed by atoms with van der Waals surface area (Å²) >= 11 is 2.68. The van der Waals surface area contributed by atoms with Crippen molar-refractivity contribution in [2.75, 3.05) is 18.1 Å². The van der Waals surface area contributed by atoms with Crippen molar-refractivity contribution in [3.05, 3.63) is 83.1 Å². The van der Waals surface area contributed by atoms with Crippen LogP contribution in [0.25, 0.3) is 0 Å². The second kappa shape index (κ2) is 11.7. The predicted molar refractivity (Wildman–Crippen MR) is 153 cm³/mol. The summed E-state index contributed by atoms with van der Waals surface area (Å²) < 4.78 is 22.9. The number of likely N-dealkylation sites (tertiary alicyclic amines) is 1. The Labute approximate surface area is 244 Å². The van der Waals surface area contributed by atoms with Crippen LogP contribution in [0.1, 0.15) is 12.0 Å². The van der Waals surface area contributed by atoms with E-state index in [-0.39, 0.29) is 40.5 Å². The van der Waals surface area contributed by atoms with E-state index >= 15 is 0 Å². The quantitative estimate of drug-likeness (QED) is 0.216. The number of fused-ring (bicyclic) bond motifs is 1. The van der Waals surface area contributed by atoms with Crippen molar-refractivity contribution in [1.82, 2.24) is 15.1 Å². The van der Waals surface area contributed by atoms with Gasteiger partial charge in [0.1, 0.15) is 17.1 Å². The molecule has 11 nitrogen and oxygen atoms in total. The molecule has 0 aromatic heterocycles. The third-order valence-electron chi connectivity index (χ3n) is 6.82. The van der Waals surface area contributed by atoms with Crippen LogP contribution in [0.5, 0.6) is 0 Å². The van der Waals surface area contributed by atoms with E-state index in [0.29, 0.717) is 24.1 Å². The minimum absolute atomic E-state index is 0.0238. The first-order valence-corrected chi connectivity index (χ1v) is 16.1. The Morgan fingerprint density at radius 1 is 1.12 bits per heavy atom. The number of hydrogen-bond donors (Lipinski definition) is 3. The number of carboxylic acids is 1. The number of β-lactam (4-membered cyclic amide) rings is 1. The molecule has 214 valence electrons. The maximum Gasteiger partial charge on any atom is 0.352 e. The third kappa shape index (κ3) is 6.20. The first-order valence-electron chi connectivity index (χ1n) is 12.5. The number of carbonyl (C=O) groups is 4. The molecule has 2 atom stereocenters. The van der Waals surface area contributed by atoms with Crippen LogP contribution in [0.4, 0.5) is 0 Å². The van der Waals surface area contributed by atoms with E-state index in [1.165, 1.54) is 40.6 Å². The summed E-state index contributed by atoms with van der Waals surface area (Å²) in [5.41, 5.74) is 1.32. The SMILES string of the molecule is NS(=O)(=O)c1ccc(CN2CCC(=CC3=C(C(=O)O)N4C(=O)C(NC(=O)CSc5ccccc5)C4SC3)C2=O)cc1. The number of amides is 3. The minimum atomic E-state index is -3.82. The van der Waals surface area contributed by atoms with Gasteiger partial charge < -0.3 is 15.3 Å². The van der Waals surface area contributed by atoms with Crippen molar-refractivity contribution in [1.29, 1.82) is 0 Å². The molecule has 41 heavy (non-hydrogen) atoms. The number of thioether (sulfide) groups is 2. The summed E-state index contributed by atoms with van der Waals surface area (Å²) in [5.74, 6) is -1.98. The lowest BCUT2D eigenvalue weighted by atomic mass is 10.0. The van der Waals surface area contributed by atoms with Gasteiger partial charge in [0.25, 0.3) is 5.91 Å². The Kier molecular flexibility index (Phi) is 8.27. The molecule has 2 aromatic carbocycles. The highest BCUT2D eigenvalue weighted by Crippen LogP contribution is 2.41. The first kappa shape index (κ1) is 28.9. The second-order valence-corrected chi connectivity index (χ2v) is 13.3. The lowest BCUT2D eigenvalue weighted by Gasteiger charge is -2.49. The Balaban J connectivity index is 1.25. The van der Waals surface area contributed by atoms with Crippen LogP contribution in [0.15, 0.2) is 87.3 Å². The standard InChI is InChI=1S/C27H26N4O7S3/c28-41(37,38)20-8-6-16(7-9-20)13-30-11-10-17(24(30)33)12-18-14-40-26-22(25(34)31(26)23(18)27(35)36)29-21(32)15-39-19-4-2-1-3-5-19/h1-9,12,22,26H,10-11,13-15H2,(H,29,32)(H,35,36)(H2,28,37,38). The molecule has 3 amide bonds. The van der Waals surface area contributed by atoms with Gasteiger partial charge in [0, 0.05) is 29.3 Å².